The third-order valence-electron chi connectivity index (χ3n) is 5.28. The molecule has 1 unspecified atom stereocenters. The quantitative estimate of drug-likeness (QED) is 0.412. The maximum atomic E-state index is 12.3. The van der Waals surface area contributed by atoms with Gasteiger partial charge in [-0.25, -0.2) is 0 Å². The lowest BCUT2D eigenvalue weighted by Gasteiger charge is -2.24. The van der Waals surface area contributed by atoms with Crippen molar-refractivity contribution in [2.45, 2.75) is 38.9 Å². The molecule has 0 N–H and O–H groups in total. The average molecular weight is 477 g/mol. The lowest BCUT2D eigenvalue weighted by Crippen LogP contribution is -2.27. The number of halogens is 3. The van der Waals surface area contributed by atoms with E-state index in [1.165, 1.54) is 30.0 Å². The van der Waals surface area contributed by atoms with Gasteiger partial charge in [0.2, 0.25) is 0 Å². The predicted molar refractivity (Wildman–Crippen MR) is 115 cm³/mol. The van der Waals surface area contributed by atoms with E-state index in [1.807, 2.05) is 19.1 Å². The van der Waals surface area contributed by atoms with E-state index in [1.54, 1.807) is 10.6 Å². The van der Waals surface area contributed by atoms with Crippen LogP contribution in [0.4, 0.5) is 19.0 Å². The van der Waals surface area contributed by atoms with Crippen LogP contribution in [0.5, 0.6) is 11.8 Å². The van der Waals surface area contributed by atoms with Gasteiger partial charge in [0.1, 0.15) is 18.1 Å². The summed E-state index contributed by atoms with van der Waals surface area (Å²) in [4.78, 5) is 20.2. The molecule has 2 aliphatic rings. The molecule has 2 aromatic heterocycles. The maximum Gasteiger partial charge on any atom is 0.573 e. The van der Waals surface area contributed by atoms with Gasteiger partial charge in [0, 0.05) is 35.8 Å². The summed E-state index contributed by atoms with van der Waals surface area (Å²) in [5.74, 6) is -0.388. The first-order valence-electron chi connectivity index (χ1n) is 10.5. The first kappa shape index (κ1) is 23.5. The van der Waals surface area contributed by atoms with Gasteiger partial charge in [0.05, 0.1) is 12.2 Å². The Morgan fingerprint density at radius 1 is 1.24 bits per heavy atom. The number of pyridine rings is 1. The molecule has 12 heteroatoms. The summed E-state index contributed by atoms with van der Waals surface area (Å²) in [5, 5.41) is 10.3. The molecule has 0 bridgehead atoms. The number of nitrogens with zero attached hydrogens (tertiary/aromatic N) is 5. The van der Waals surface area contributed by atoms with Crippen LogP contribution in [0.1, 0.15) is 18.2 Å². The van der Waals surface area contributed by atoms with Gasteiger partial charge in [-0.1, -0.05) is 18.2 Å². The third-order valence-corrected chi connectivity index (χ3v) is 5.28. The van der Waals surface area contributed by atoms with Crippen molar-refractivity contribution in [2.24, 2.45) is 0 Å². The van der Waals surface area contributed by atoms with Gasteiger partial charge in [0.25, 0.3) is 0 Å². The molecule has 5 rings (SSSR count). The van der Waals surface area contributed by atoms with E-state index in [0.717, 1.165) is 25.2 Å². The van der Waals surface area contributed by atoms with Crippen molar-refractivity contribution in [1.29, 1.82) is 0 Å². The molecular formula is C22H22F3N5O4. The number of nitro groups is 1. The Bertz CT molecular complexity index is 1170. The predicted octanol–water partition coefficient (Wildman–Crippen LogP) is 4.21. The van der Waals surface area contributed by atoms with Crippen molar-refractivity contribution in [2.75, 3.05) is 13.6 Å². The average Bonchev–Trinajstić information content (AvgIpc) is 3.30. The van der Waals surface area contributed by atoms with Crippen LogP contribution < -0.4 is 9.47 Å². The van der Waals surface area contributed by atoms with Crippen molar-refractivity contribution < 1.29 is 27.6 Å². The minimum atomic E-state index is -4.69. The molecule has 0 aliphatic carbocycles. The second kappa shape index (κ2) is 9.29. The SMILES string of the molecule is CC1Cn2cc([N+](=O)[O-])nc2O1.CN1CCc2nc(-c3cccc(OC(F)(F)F)c3)ccc2C1. The number of likely N-dealkylation sites (N-methyl/N-ethyl adjacent to an activating group) is 1. The van der Waals surface area contributed by atoms with E-state index >= 15 is 0 Å². The molecule has 0 radical (unpaired) electrons. The number of hydrogen-bond donors (Lipinski definition) is 0. The number of alkyl halides is 3. The molecular weight excluding hydrogens is 455 g/mol. The minimum Gasteiger partial charge on any atom is -0.441 e. The Labute approximate surface area is 192 Å². The van der Waals surface area contributed by atoms with Gasteiger partial charge in [-0.3, -0.25) is 9.55 Å². The minimum absolute atomic E-state index is 0.0632. The van der Waals surface area contributed by atoms with Crippen LogP contribution in [0.2, 0.25) is 0 Å². The number of ether oxygens (including phenoxy) is 2. The smallest absolute Gasteiger partial charge is 0.441 e. The van der Waals surface area contributed by atoms with Crippen LogP contribution in [0.15, 0.2) is 42.6 Å². The van der Waals surface area contributed by atoms with Crippen LogP contribution >= 0.6 is 0 Å². The molecule has 9 nitrogen and oxygen atoms in total. The molecule has 0 spiro atoms. The van der Waals surface area contributed by atoms with Gasteiger partial charge in [-0.05, 0) is 42.7 Å². The van der Waals surface area contributed by atoms with Crippen LogP contribution in [0.25, 0.3) is 11.3 Å². The summed E-state index contributed by atoms with van der Waals surface area (Å²) < 4.78 is 47.7. The maximum absolute atomic E-state index is 12.3. The molecule has 0 fully saturated rings. The summed E-state index contributed by atoms with van der Waals surface area (Å²) in [5.41, 5.74) is 3.46. The lowest BCUT2D eigenvalue weighted by atomic mass is 10.0. The van der Waals surface area contributed by atoms with E-state index in [9.17, 15) is 23.3 Å². The summed E-state index contributed by atoms with van der Waals surface area (Å²) in [7, 11) is 2.05. The lowest BCUT2D eigenvalue weighted by molar-refractivity contribution is -0.389. The van der Waals surface area contributed by atoms with Crippen molar-refractivity contribution in [1.82, 2.24) is 19.4 Å². The standard InChI is InChI=1S/C16H15F3N2O.C6H7N3O3/c1-21-8-7-15-12(10-21)5-6-14(20-15)11-3-2-4-13(9-11)22-16(17,18)19;1-4-2-8-3-5(9(10)11)7-6(8)12-4/h2-6,9H,7-8,10H2,1H3;3-4H,2H2,1H3. The zero-order chi connectivity index (χ0) is 24.5. The Kier molecular flexibility index (Phi) is 6.42. The Morgan fingerprint density at radius 2 is 2.03 bits per heavy atom. The molecule has 180 valence electrons. The van der Waals surface area contributed by atoms with Crippen LogP contribution in [0.3, 0.4) is 0 Å². The molecule has 0 amide bonds. The number of imidazole rings is 1. The Morgan fingerprint density at radius 3 is 2.74 bits per heavy atom. The highest BCUT2D eigenvalue weighted by Crippen LogP contribution is 2.28. The summed E-state index contributed by atoms with van der Waals surface area (Å²) >= 11 is 0. The van der Waals surface area contributed by atoms with Crippen LogP contribution in [0, 0.1) is 10.1 Å². The fourth-order valence-corrected chi connectivity index (χ4v) is 3.76. The number of hydrogen-bond acceptors (Lipinski definition) is 7. The molecule has 4 heterocycles. The highest BCUT2D eigenvalue weighted by molar-refractivity contribution is 5.61. The number of rotatable bonds is 3. The fourth-order valence-electron chi connectivity index (χ4n) is 3.76. The molecule has 2 aliphatic heterocycles. The monoisotopic (exact) mass is 477 g/mol. The van der Waals surface area contributed by atoms with Crippen molar-refractivity contribution in [3.8, 4) is 23.0 Å². The van der Waals surface area contributed by atoms with Gasteiger partial charge in [-0.2, -0.15) is 0 Å². The van der Waals surface area contributed by atoms with Crippen LogP contribution in [-0.4, -0.2) is 50.4 Å². The topological polar surface area (TPSA) is 95.5 Å². The van der Waals surface area contributed by atoms with Crippen molar-refractivity contribution >= 4 is 5.82 Å². The van der Waals surface area contributed by atoms with Crippen molar-refractivity contribution in [3.05, 3.63) is 64.0 Å². The summed E-state index contributed by atoms with van der Waals surface area (Å²) in [6.45, 7) is 4.30. The highest BCUT2D eigenvalue weighted by atomic mass is 19.4. The summed E-state index contributed by atoms with van der Waals surface area (Å²) in [6, 6.07) is 10.1. The Hall–Kier alpha value is -3.67. The second-order valence-electron chi connectivity index (χ2n) is 8.09. The zero-order valence-corrected chi connectivity index (χ0v) is 18.5. The Balaban J connectivity index is 0.000000192. The van der Waals surface area contributed by atoms with E-state index in [4.69, 9.17) is 4.74 Å². The fraction of sp³-hybridized carbons (Fsp3) is 0.364. The first-order chi connectivity index (χ1) is 16.1. The molecule has 0 saturated carbocycles. The number of fused-ring (bicyclic) bond motifs is 2. The van der Waals surface area contributed by atoms with Gasteiger partial charge >= 0.3 is 18.2 Å². The van der Waals surface area contributed by atoms with E-state index in [-0.39, 0.29) is 17.7 Å². The number of aromatic nitrogens is 3. The number of benzene rings is 1. The normalized spacial score (nSPS) is 17.1. The highest BCUT2D eigenvalue weighted by Gasteiger charge is 2.31. The molecule has 0 saturated heterocycles. The largest absolute Gasteiger partial charge is 0.573 e. The molecule has 3 aromatic rings. The van der Waals surface area contributed by atoms with Gasteiger partial charge in [0.15, 0.2) is 0 Å². The second-order valence-corrected chi connectivity index (χ2v) is 8.09. The van der Waals surface area contributed by atoms with Crippen LogP contribution in [-0.2, 0) is 19.5 Å². The van der Waals surface area contributed by atoms with E-state index in [0.29, 0.717) is 23.8 Å². The van der Waals surface area contributed by atoms with E-state index in [2.05, 4.69) is 26.7 Å². The third kappa shape index (κ3) is 5.63. The van der Waals surface area contributed by atoms with E-state index < -0.39 is 11.3 Å². The molecule has 1 aromatic carbocycles. The van der Waals surface area contributed by atoms with Gasteiger partial charge < -0.3 is 24.5 Å². The van der Waals surface area contributed by atoms with Gasteiger partial charge in [-0.15, -0.1) is 13.2 Å². The molecule has 34 heavy (non-hydrogen) atoms. The molecule has 1 atom stereocenters. The zero-order valence-electron chi connectivity index (χ0n) is 18.5. The first-order valence-corrected chi connectivity index (χ1v) is 10.5. The summed E-state index contributed by atoms with van der Waals surface area (Å²) in [6.07, 6.45) is -2.39. The van der Waals surface area contributed by atoms with Crippen molar-refractivity contribution in [3.63, 3.8) is 0 Å².